The SMILES string of the molecule is C[C@@H]1CC(C)(C)CC[C@H]1N. The lowest BCUT2D eigenvalue weighted by molar-refractivity contribution is 0.169. The van der Waals surface area contributed by atoms with Crippen LogP contribution in [0, 0.1) is 11.3 Å². The molecule has 0 radical (unpaired) electrons. The van der Waals surface area contributed by atoms with Crippen molar-refractivity contribution in [2.75, 3.05) is 0 Å². The fourth-order valence-electron chi connectivity index (χ4n) is 1.97. The van der Waals surface area contributed by atoms with Crippen molar-refractivity contribution in [1.29, 1.82) is 0 Å². The monoisotopic (exact) mass is 141 g/mol. The minimum atomic E-state index is 0.466. The molecule has 0 bridgehead atoms. The van der Waals surface area contributed by atoms with Gasteiger partial charge in [0.05, 0.1) is 0 Å². The first-order chi connectivity index (χ1) is 4.51. The zero-order valence-electron chi connectivity index (χ0n) is 7.35. The van der Waals surface area contributed by atoms with Crippen LogP contribution in [0.4, 0.5) is 0 Å². The van der Waals surface area contributed by atoms with Crippen molar-refractivity contribution in [3.8, 4) is 0 Å². The fraction of sp³-hybridized carbons (Fsp3) is 1.00. The standard InChI is InChI=1S/C9H19N/c1-7-6-9(2,3)5-4-8(7)10/h7-8H,4-6,10H2,1-3H3/t7-,8-/m1/s1. The molecule has 0 aromatic carbocycles. The van der Waals surface area contributed by atoms with E-state index >= 15 is 0 Å². The molecule has 1 nitrogen and oxygen atoms in total. The van der Waals surface area contributed by atoms with Crippen LogP contribution in [0.3, 0.4) is 0 Å². The van der Waals surface area contributed by atoms with Crippen LogP contribution < -0.4 is 5.73 Å². The normalized spacial score (nSPS) is 39.6. The molecule has 1 aliphatic rings. The highest BCUT2D eigenvalue weighted by atomic mass is 14.7. The second-order valence-electron chi connectivity index (χ2n) is 4.55. The van der Waals surface area contributed by atoms with Crippen molar-refractivity contribution >= 4 is 0 Å². The van der Waals surface area contributed by atoms with E-state index in [0.717, 1.165) is 5.92 Å². The molecule has 2 N–H and O–H groups in total. The molecule has 0 spiro atoms. The average molecular weight is 141 g/mol. The first-order valence-corrected chi connectivity index (χ1v) is 4.27. The van der Waals surface area contributed by atoms with Crippen molar-refractivity contribution in [2.45, 2.75) is 46.1 Å². The van der Waals surface area contributed by atoms with E-state index in [1.165, 1.54) is 19.3 Å². The van der Waals surface area contributed by atoms with Crippen molar-refractivity contribution < 1.29 is 0 Å². The van der Waals surface area contributed by atoms with Gasteiger partial charge in [0.15, 0.2) is 0 Å². The van der Waals surface area contributed by atoms with E-state index in [-0.39, 0.29) is 0 Å². The predicted octanol–water partition coefficient (Wildman–Crippen LogP) is 2.16. The van der Waals surface area contributed by atoms with Crippen molar-refractivity contribution in [1.82, 2.24) is 0 Å². The highest BCUT2D eigenvalue weighted by Crippen LogP contribution is 2.37. The molecule has 2 atom stereocenters. The van der Waals surface area contributed by atoms with Gasteiger partial charge >= 0.3 is 0 Å². The quantitative estimate of drug-likeness (QED) is 0.549. The highest BCUT2D eigenvalue weighted by Gasteiger charge is 2.29. The maximum Gasteiger partial charge on any atom is 0.00649 e. The van der Waals surface area contributed by atoms with Gasteiger partial charge in [-0.25, -0.2) is 0 Å². The average Bonchev–Trinajstić information content (AvgIpc) is 1.79. The van der Waals surface area contributed by atoms with E-state index < -0.39 is 0 Å². The molecule has 0 amide bonds. The Morgan fingerprint density at radius 3 is 2.40 bits per heavy atom. The Morgan fingerprint density at radius 2 is 2.00 bits per heavy atom. The first kappa shape index (κ1) is 8.06. The summed E-state index contributed by atoms with van der Waals surface area (Å²) in [5.74, 6) is 0.726. The van der Waals surface area contributed by atoms with Crippen molar-refractivity contribution in [3.63, 3.8) is 0 Å². The second kappa shape index (κ2) is 2.54. The molecule has 1 saturated carbocycles. The highest BCUT2D eigenvalue weighted by molar-refractivity contribution is 4.84. The van der Waals surface area contributed by atoms with Crippen LogP contribution in [0.1, 0.15) is 40.0 Å². The summed E-state index contributed by atoms with van der Waals surface area (Å²) in [6.45, 7) is 6.95. The molecule has 0 aromatic heterocycles. The molecule has 60 valence electrons. The van der Waals surface area contributed by atoms with Crippen LogP contribution in [0.2, 0.25) is 0 Å². The van der Waals surface area contributed by atoms with Gasteiger partial charge in [0.25, 0.3) is 0 Å². The number of rotatable bonds is 0. The van der Waals surface area contributed by atoms with E-state index in [1.807, 2.05) is 0 Å². The van der Waals surface area contributed by atoms with Gasteiger partial charge in [0.1, 0.15) is 0 Å². The van der Waals surface area contributed by atoms with Gasteiger partial charge in [-0.15, -0.1) is 0 Å². The third-order valence-corrected chi connectivity index (χ3v) is 2.76. The van der Waals surface area contributed by atoms with Crippen LogP contribution >= 0.6 is 0 Å². The van der Waals surface area contributed by atoms with Crippen LogP contribution in [-0.2, 0) is 0 Å². The second-order valence-corrected chi connectivity index (χ2v) is 4.55. The fourth-order valence-corrected chi connectivity index (χ4v) is 1.97. The molecule has 1 rings (SSSR count). The summed E-state index contributed by atoms with van der Waals surface area (Å²) in [7, 11) is 0. The Morgan fingerprint density at radius 1 is 1.40 bits per heavy atom. The largest absolute Gasteiger partial charge is 0.327 e. The molecule has 0 unspecified atom stereocenters. The Labute approximate surface area is 64.0 Å². The molecule has 1 fully saturated rings. The summed E-state index contributed by atoms with van der Waals surface area (Å²) >= 11 is 0. The van der Waals surface area contributed by atoms with Crippen molar-refractivity contribution in [3.05, 3.63) is 0 Å². The molecule has 0 saturated heterocycles. The van der Waals surface area contributed by atoms with Gasteiger partial charge in [-0.05, 0) is 30.6 Å². The lowest BCUT2D eigenvalue weighted by Gasteiger charge is -2.37. The van der Waals surface area contributed by atoms with Crippen LogP contribution in [0.15, 0.2) is 0 Å². The van der Waals surface area contributed by atoms with E-state index in [4.69, 9.17) is 5.73 Å². The lowest BCUT2D eigenvalue weighted by atomic mass is 9.71. The third-order valence-electron chi connectivity index (χ3n) is 2.76. The van der Waals surface area contributed by atoms with E-state index in [2.05, 4.69) is 20.8 Å². The van der Waals surface area contributed by atoms with E-state index in [0.29, 0.717) is 11.5 Å². The predicted molar refractivity (Wildman–Crippen MR) is 44.8 cm³/mol. The summed E-state index contributed by atoms with van der Waals surface area (Å²) < 4.78 is 0. The molecular formula is C9H19N. The summed E-state index contributed by atoms with van der Waals surface area (Å²) in [5.41, 5.74) is 6.45. The summed E-state index contributed by atoms with van der Waals surface area (Å²) in [5, 5.41) is 0. The smallest absolute Gasteiger partial charge is 0.00649 e. The molecular weight excluding hydrogens is 122 g/mol. The lowest BCUT2D eigenvalue weighted by Crippen LogP contribution is -2.37. The Bertz CT molecular complexity index is 118. The Balaban J connectivity index is 2.49. The van der Waals surface area contributed by atoms with Crippen LogP contribution in [-0.4, -0.2) is 6.04 Å². The van der Waals surface area contributed by atoms with Crippen molar-refractivity contribution in [2.24, 2.45) is 17.1 Å². The zero-order valence-corrected chi connectivity index (χ0v) is 7.35. The topological polar surface area (TPSA) is 26.0 Å². The summed E-state index contributed by atoms with van der Waals surface area (Å²) in [6, 6.07) is 0.466. The minimum absolute atomic E-state index is 0.466. The molecule has 0 aliphatic heterocycles. The molecule has 0 heterocycles. The van der Waals surface area contributed by atoms with E-state index in [9.17, 15) is 0 Å². The minimum Gasteiger partial charge on any atom is -0.327 e. The first-order valence-electron chi connectivity index (χ1n) is 4.27. The number of nitrogens with two attached hydrogens (primary N) is 1. The molecule has 10 heavy (non-hydrogen) atoms. The Hall–Kier alpha value is -0.0400. The van der Waals surface area contributed by atoms with E-state index in [1.54, 1.807) is 0 Å². The van der Waals surface area contributed by atoms with Crippen LogP contribution in [0.5, 0.6) is 0 Å². The maximum absolute atomic E-state index is 5.90. The number of hydrogen-bond donors (Lipinski definition) is 1. The summed E-state index contributed by atoms with van der Waals surface area (Å²) in [6.07, 6.45) is 3.82. The number of hydrogen-bond acceptors (Lipinski definition) is 1. The molecule has 0 aromatic rings. The van der Waals surface area contributed by atoms with Gasteiger partial charge in [0.2, 0.25) is 0 Å². The maximum atomic E-state index is 5.90. The van der Waals surface area contributed by atoms with Gasteiger partial charge in [-0.2, -0.15) is 0 Å². The van der Waals surface area contributed by atoms with Gasteiger partial charge in [0, 0.05) is 6.04 Å². The third kappa shape index (κ3) is 1.72. The van der Waals surface area contributed by atoms with Crippen LogP contribution in [0.25, 0.3) is 0 Å². The molecule has 1 aliphatic carbocycles. The summed E-state index contributed by atoms with van der Waals surface area (Å²) in [4.78, 5) is 0. The van der Waals surface area contributed by atoms with Gasteiger partial charge < -0.3 is 5.73 Å². The van der Waals surface area contributed by atoms with Gasteiger partial charge in [-0.3, -0.25) is 0 Å². The zero-order chi connectivity index (χ0) is 7.78. The molecule has 1 heteroatoms. The Kier molecular flexibility index (Phi) is 2.04. The van der Waals surface area contributed by atoms with Gasteiger partial charge in [-0.1, -0.05) is 20.8 Å².